The van der Waals surface area contributed by atoms with Crippen LogP contribution in [0.25, 0.3) is 5.57 Å². The van der Waals surface area contributed by atoms with Gasteiger partial charge in [0.05, 0.1) is 0 Å². The number of nitrogens with zero attached hydrogens (tertiary/aromatic N) is 1. The lowest BCUT2D eigenvalue weighted by molar-refractivity contribution is -0.317. The molecule has 2 aromatic rings. The summed E-state index contributed by atoms with van der Waals surface area (Å²) in [6.07, 6.45) is 0. The van der Waals surface area contributed by atoms with E-state index in [1.807, 2.05) is 13.0 Å². The zero-order valence-corrected chi connectivity index (χ0v) is 18.2. The second-order valence-electron chi connectivity index (χ2n) is 7.79. The Labute approximate surface area is 180 Å². The number of carboxylic acid groups (broad SMARTS) is 1. The standard InChI is InChI=1S/C23H24ClNO5/c1-15-10-11-17(24)18(12-15)25(23(2,3)22(27)28)14-30-19(13-29-4)20(21(25)26)16-8-6-5-7-9-16/h5-12H,13-14H2,1-4H3. The third kappa shape index (κ3) is 3.41. The fourth-order valence-corrected chi connectivity index (χ4v) is 3.98. The quantitative estimate of drug-likeness (QED) is 0.660. The molecular weight excluding hydrogens is 406 g/mol. The molecular formula is C23H24ClNO5. The van der Waals surface area contributed by atoms with Gasteiger partial charge >= 0.3 is 5.91 Å². The molecule has 7 heteroatoms. The van der Waals surface area contributed by atoms with Crippen LogP contribution in [0.3, 0.4) is 0 Å². The van der Waals surface area contributed by atoms with Gasteiger partial charge in [-0.1, -0.05) is 48.0 Å². The summed E-state index contributed by atoms with van der Waals surface area (Å²) in [5.41, 5.74) is 0.375. The average Bonchev–Trinajstić information content (AvgIpc) is 2.71. The molecule has 0 spiro atoms. The number of benzene rings is 2. The Hall–Kier alpha value is -2.67. The minimum atomic E-state index is -1.67. The van der Waals surface area contributed by atoms with Crippen molar-refractivity contribution in [1.82, 2.24) is 4.48 Å². The Morgan fingerprint density at radius 2 is 1.90 bits per heavy atom. The number of quaternary nitrogens is 1. The lowest BCUT2D eigenvalue weighted by Gasteiger charge is -2.49. The SMILES string of the molecule is COCC1=C(c2ccccc2)C(=O)[N+](c2cc(C)ccc2Cl)(C(C)(C)C(=O)[O-])CO1. The molecule has 1 amide bonds. The molecule has 158 valence electrons. The number of carbonyl (C=O) groups is 2. The van der Waals surface area contributed by atoms with Crippen molar-refractivity contribution in [2.45, 2.75) is 26.3 Å². The maximum Gasteiger partial charge on any atom is 0.358 e. The van der Waals surface area contributed by atoms with Gasteiger partial charge in [-0.15, -0.1) is 0 Å². The maximum absolute atomic E-state index is 14.2. The van der Waals surface area contributed by atoms with Gasteiger partial charge in [-0.05, 0) is 38.0 Å². The van der Waals surface area contributed by atoms with Gasteiger partial charge in [0.15, 0.2) is 5.69 Å². The minimum absolute atomic E-state index is 0.0727. The van der Waals surface area contributed by atoms with Crippen molar-refractivity contribution in [3.8, 4) is 0 Å². The predicted molar refractivity (Wildman–Crippen MR) is 113 cm³/mol. The molecule has 0 bridgehead atoms. The number of rotatable bonds is 6. The fraction of sp³-hybridized carbons (Fsp3) is 0.304. The third-order valence-electron chi connectivity index (χ3n) is 5.58. The first-order valence-corrected chi connectivity index (χ1v) is 9.86. The van der Waals surface area contributed by atoms with Crippen LogP contribution >= 0.6 is 11.6 Å². The zero-order valence-electron chi connectivity index (χ0n) is 17.4. The Balaban J connectivity index is 2.36. The van der Waals surface area contributed by atoms with Crippen molar-refractivity contribution in [3.05, 3.63) is 70.4 Å². The van der Waals surface area contributed by atoms with Gasteiger partial charge in [0, 0.05) is 13.2 Å². The molecule has 0 radical (unpaired) electrons. The molecule has 1 aliphatic heterocycles. The topological polar surface area (TPSA) is 75.7 Å². The summed E-state index contributed by atoms with van der Waals surface area (Å²) in [5.74, 6) is -1.49. The smallest absolute Gasteiger partial charge is 0.358 e. The summed E-state index contributed by atoms with van der Waals surface area (Å²) < 4.78 is 10.6. The summed E-state index contributed by atoms with van der Waals surface area (Å²) in [6, 6.07) is 14.2. The van der Waals surface area contributed by atoms with E-state index in [2.05, 4.69) is 0 Å². The molecule has 30 heavy (non-hydrogen) atoms. The second kappa shape index (κ2) is 8.22. The number of hydrogen-bond donors (Lipinski definition) is 0. The van der Waals surface area contributed by atoms with E-state index in [9.17, 15) is 14.7 Å². The molecule has 0 aromatic heterocycles. The van der Waals surface area contributed by atoms with Crippen molar-refractivity contribution in [1.29, 1.82) is 0 Å². The summed E-state index contributed by atoms with van der Waals surface area (Å²) in [5, 5.41) is 12.5. The zero-order chi connectivity index (χ0) is 22.1. The highest BCUT2D eigenvalue weighted by Gasteiger charge is 2.58. The lowest BCUT2D eigenvalue weighted by Crippen LogP contribution is -2.74. The predicted octanol–water partition coefficient (Wildman–Crippen LogP) is 3.06. The Kier molecular flexibility index (Phi) is 6.04. The average molecular weight is 430 g/mol. The molecule has 1 heterocycles. The van der Waals surface area contributed by atoms with Crippen LogP contribution in [-0.4, -0.2) is 37.9 Å². The fourth-order valence-electron chi connectivity index (χ4n) is 3.72. The Bertz CT molecular complexity index is 1020. The van der Waals surface area contributed by atoms with Crippen LogP contribution in [0.2, 0.25) is 5.02 Å². The molecule has 0 saturated heterocycles. The molecule has 1 aliphatic rings. The first-order valence-electron chi connectivity index (χ1n) is 9.48. The largest absolute Gasteiger partial charge is 0.544 e. The van der Waals surface area contributed by atoms with Crippen LogP contribution in [0.5, 0.6) is 0 Å². The number of hydrogen-bond acceptors (Lipinski definition) is 5. The number of halogens is 1. The van der Waals surface area contributed by atoms with Crippen molar-refractivity contribution >= 4 is 34.7 Å². The maximum atomic E-state index is 14.2. The number of carboxylic acids is 1. The normalized spacial score (nSPS) is 19.6. The van der Waals surface area contributed by atoms with Crippen molar-refractivity contribution in [3.63, 3.8) is 0 Å². The van der Waals surface area contributed by atoms with Gasteiger partial charge in [0.25, 0.3) is 0 Å². The Morgan fingerprint density at radius 1 is 1.23 bits per heavy atom. The first-order chi connectivity index (χ1) is 14.2. The Morgan fingerprint density at radius 3 is 2.50 bits per heavy atom. The van der Waals surface area contributed by atoms with Gasteiger partial charge in [-0.25, -0.2) is 4.79 Å². The number of carbonyl (C=O) groups excluding carboxylic acids is 2. The number of aryl methyl sites for hydroxylation is 1. The van der Waals surface area contributed by atoms with Crippen molar-refractivity contribution in [2.75, 3.05) is 20.4 Å². The van der Waals surface area contributed by atoms with Gasteiger partial charge in [0.2, 0.25) is 6.73 Å². The number of methoxy groups -OCH3 is 1. The highest BCUT2D eigenvalue weighted by atomic mass is 35.5. The van der Waals surface area contributed by atoms with Gasteiger partial charge in [-0.2, -0.15) is 4.48 Å². The van der Waals surface area contributed by atoms with E-state index in [0.717, 1.165) is 5.56 Å². The van der Waals surface area contributed by atoms with Gasteiger partial charge in [-0.3, -0.25) is 0 Å². The van der Waals surface area contributed by atoms with Gasteiger partial charge < -0.3 is 19.4 Å². The highest BCUT2D eigenvalue weighted by Crippen LogP contribution is 2.45. The van der Waals surface area contributed by atoms with E-state index in [4.69, 9.17) is 21.1 Å². The lowest BCUT2D eigenvalue weighted by atomic mass is 9.91. The molecule has 3 rings (SSSR count). The number of amides is 1. The van der Waals surface area contributed by atoms with E-state index >= 15 is 0 Å². The van der Waals surface area contributed by atoms with Crippen LogP contribution in [0.4, 0.5) is 5.69 Å². The monoisotopic (exact) mass is 429 g/mol. The summed E-state index contributed by atoms with van der Waals surface area (Å²) in [6.45, 7) is 4.57. The number of aliphatic carboxylic acids is 1. The van der Waals surface area contributed by atoms with Crippen LogP contribution < -0.4 is 9.59 Å². The number of ether oxygens (including phenoxy) is 2. The molecule has 0 saturated carbocycles. The molecule has 0 N–H and O–H groups in total. The van der Waals surface area contributed by atoms with Gasteiger partial charge in [0.1, 0.15) is 34.5 Å². The third-order valence-corrected chi connectivity index (χ3v) is 5.90. The molecule has 1 atom stereocenters. The minimum Gasteiger partial charge on any atom is -0.544 e. The molecule has 1 unspecified atom stereocenters. The molecule has 0 fully saturated rings. The van der Waals surface area contributed by atoms with Crippen LogP contribution in [-0.2, 0) is 19.1 Å². The van der Waals surface area contributed by atoms with E-state index in [1.165, 1.54) is 21.0 Å². The highest BCUT2D eigenvalue weighted by molar-refractivity contribution is 6.35. The van der Waals surface area contributed by atoms with Crippen LogP contribution in [0.1, 0.15) is 25.0 Å². The molecule has 2 aromatic carbocycles. The van der Waals surface area contributed by atoms with Crippen LogP contribution in [0.15, 0.2) is 54.3 Å². The second-order valence-corrected chi connectivity index (χ2v) is 8.19. The molecule has 0 aliphatic carbocycles. The van der Waals surface area contributed by atoms with E-state index in [-0.39, 0.29) is 23.9 Å². The summed E-state index contributed by atoms with van der Waals surface area (Å²) in [4.78, 5) is 26.4. The van der Waals surface area contributed by atoms with Crippen LogP contribution in [0, 0.1) is 6.92 Å². The summed E-state index contributed by atoms with van der Waals surface area (Å²) in [7, 11) is 1.50. The van der Waals surface area contributed by atoms with Crippen molar-refractivity contribution < 1.29 is 24.2 Å². The summed E-state index contributed by atoms with van der Waals surface area (Å²) >= 11 is 6.51. The van der Waals surface area contributed by atoms with E-state index in [0.29, 0.717) is 17.0 Å². The first kappa shape index (κ1) is 22.0. The van der Waals surface area contributed by atoms with E-state index < -0.39 is 21.9 Å². The van der Waals surface area contributed by atoms with Crippen molar-refractivity contribution in [2.24, 2.45) is 0 Å². The molecule has 6 nitrogen and oxygen atoms in total. The van der Waals surface area contributed by atoms with E-state index in [1.54, 1.807) is 42.5 Å².